The highest BCUT2D eigenvalue weighted by Crippen LogP contribution is 2.12. The molecule has 2 nitrogen and oxygen atoms in total. The summed E-state index contributed by atoms with van der Waals surface area (Å²) in [4.78, 5) is 2.32. The van der Waals surface area contributed by atoms with E-state index in [0.717, 1.165) is 19.6 Å². The molecule has 0 atom stereocenters. The van der Waals surface area contributed by atoms with Crippen molar-refractivity contribution < 1.29 is 5.11 Å². The van der Waals surface area contributed by atoms with E-state index >= 15 is 0 Å². The van der Waals surface area contributed by atoms with Gasteiger partial charge in [-0.25, -0.2) is 0 Å². The Bertz CT molecular complexity index is 61.7. The van der Waals surface area contributed by atoms with Crippen molar-refractivity contribution in [1.29, 1.82) is 0 Å². The van der Waals surface area contributed by atoms with E-state index in [4.69, 9.17) is 5.11 Å². The van der Waals surface area contributed by atoms with Crippen LogP contribution in [0.3, 0.4) is 0 Å². The van der Waals surface area contributed by atoms with Crippen molar-refractivity contribution in [3.05, 3.63) is 0 Å². The molecular weight excluding hydrogens is 126 g/mol. The third-order valence-electron chi connectivity index (χ3n) is 1.74. The SMILES string of the molecule is CC.CCN1CC(CO)C1. The lowest BCUT2D eigenvalue weighted by Crippen LogP contribution is -2.47. The van der Waals surface area contributed by atoms with E-state index in [1.807, 2.05) is 13.8 Å². The Kier molecular flexibility index (Phi) is 5.64. The summed E-state index contributed by atoms with van der Waals surface area (Å²) in [5.41, 5.74) is 0. The molecule has 62 valence electrons. The molecule has 1 aliphatic heterocycles. The van der Waals surface area contributed by atoms with Gasteiger partial charge in [0.15, 0.2) is 0 Å². The maximum Gasteiger partial charge on any atom is 0.0483 e. The van der Waals surface area contributed by atoms with Gasteiger partial charge in [-0.15, -0.1) is 0 Å². The zero-order valence-corrected chi connectivity index (χ0v) is 7.30. The Balaban J connectivity index is 0.000000371. The first-order valence-electron chi connectivity index (χ1n) is 4.20. The molecule has 0 amide bonds. The molecule has 0 saturated carbocycles. The van der Waals surface area contributed by atoms with Crippen LogP contribution >= 0.6 is 0 Å². The molecule has 0 unspecified atom stereocenters. The molecule has 10 heavy (non-hydrogen) atoms. The summed E-state index contributed by atoms with van der Waals surface area (Å²) in [6, 6.07) is 0. The molecule has 0 aromatic rings. The van der Waals surface area contributed by atoms with Crippen LogP contribution in [0.5, 0.6) is 0 Å². The van der Waals surface area contributed by atoms with E-state index in [2.05, 4.69) is 11.8 Å². The molecule has 1 saturated heterocycles. The van der Waals surface area contributed by atoms with Gasteiger partial charge in [0.1, 0.15) is 0 Å². The van der Waals surface area contributed by atoms with Crippen molar-refractivity contribution in [2.24, 2.45) is 5.92 Å². The molecule has 0 spiro atoms. The average Bonchev–Trinajstić information content (AvgIpc) is 1.91. The van der Waals surface area contributed by atoms with Crippen molar-refractivity contribution in [2.45, 2.75) is 20.8 Å². The summed E-state index contributed by atoms with van der Waals surface area (Å²) >= 11 is 0. The number of aliphatic hydroxyl groups excluding tert-OH is 1. The smallest absolute Gasteiger partial charge is 0.0483 e. The van der Waals surface area contributed by atoms with E-state index in [9.17, 15) is 0 Å². The van der Waals surface area contributed by atoms with Gasteiger partial charge in [0.2, 0.25) is 0 Å². The quantitative estimate of drug-likeness (QED) is 0.625. The van der Waals surface area contributed by atoms with Gasteiger partial charge in [-0.3, -0.25) is 0 Å². The zero-order valence-electron chi connectivity index (χ0n) is 7.30. The third kappa shape index (κ3) is 2.67. The number of hydrogen-bond acceptors (Lipinski definition) is 2. The zero-order chi connectivity index (χ0) is 7.98. The molecule has 1 aliphatic rings. The summed E-state index contributed by atoms with van der Waals surface area (Å²) in [6.07, 6.45) is 0. The highest BCUT2D eigenvalue weighted by molar-refractivity contribution is 4.77. The predicted molar refractivity (Wildman–Crippen MR) is 44.0 cm³/mol. The van der Waals surface area contributed by atoms with Crippen LogP contribution in [0.15, 0.2) is 0 Å². The summed E-state index contributed by atoms with van der Waals surface area (Å²) < 4.78 is 0. The first-order valence-corrected chi connectivity index (χ1v) is 4.20. The summed E-state index contributed by atoms with van der Waals surface area (Å²) in [6.45, 7) is 9.86. The number of hydrogen-bond donors (Lipinski definition) is 1. The van der Waals surface area contributed by atoms with Crippen molar-refractivity contribution in [2.75, 3.05) is 26.2 Å². The fourth-order valence-electron chi connectivity index (χ4n) is 1.05. The molecule has 1 fully saturated rings. The second kappa shape index (κ2) is 5.69. The largest absolute Gasteiger partial charge is 0.396 e. The van der Waals surface area contributed by atoms with E-state index in [-0.39, 0.29) is 0 Å². The maximum atomic E-state index is 8.57. The lowest BCUT2D eigenvalue weighted by atomic mass is 10.0. The topological polar surface area (TPSA) is 23.5 Å². The van der Waals surface area contributed by atoms with Crippen LogP contribution < -0.4 is 0 Å². The lowest BCUT2D eigenvalue weighted by molar-refractivity contribution is 0.0587. The second-order valence-electron chi connectivity index (χ2n) is 2.40. The molecule has 1 N–H and O–H groups in total. The van der Waals surface area contributed by atoms with Crippen molar-refractivity contribution in [1.82, 2.24) is 4.90 Å². The molecular formula is C8H19NO. The average molecular weight is 145 g/mol. The highest BCUT2D eigenvalue weighted by Gasteiger charge is 2.23. The number of aliphatic hydroxyl groups is 1. The van der Waals surface area contributed by atoms with Crippen molar-refractivity contribution >= 4 is 0 Å². The van der Waals surface area contributed by atoms with Crippen LogP contribution in [0, 0.1) is 5.92 Å². The summed E-state index contributed by atoms with van der Waals surface area (Å²) in [5.74, 6) is 0.579. The minimum atomic E-state index is 0.372. The van der Waals surface area contributed by atoms with Crippen LogP contribution in [0.2, 0.25) is 0 Å². The van der Waals surface area contributed by atoms with Crippen LogP contribution in [-0.2, 0) is 0 Å². The molecule has 0 aromatic heterocycles. The van der Waals surface area contributed by atoms with E-state index in [0.29, 0.717) is 12.5 Å². The van der Waals surface area contributed by atoms with Gasteiger partial charge in [-0.2, -0.15) is 0 Å². The van der Waals surface area contributed by atoms with Crippen LogP contribution in [0.25, 0.3) is 0 Å². The molecule has 0 bridgehead atoms. The standard InChI is InChI=1S/C6H13NO.C2H6/c1-2-7-3-6(4-7)5-8;1-2/h6,8H,2-5H2,1H3;1-2H3. The summed E-state index contributed by atoms with van der Waals surface area (Å²) in [7, 11) is 0. The maximum absolute atomic E-state index is 8.57. The van der Waals surface area contributed by atoms with Gasteiger partial charge in [-0.1, -0.05) is 20.8 Å². The van der Waals surface area contributed by atoms with Crippen LogP contribution in [-0.4, -0.2) is 36.2 Å². The molecule has 0 aromatic carbocycles. The Morgan fingerprint density at radius 2 is 1.90 bits per heavy atom. The van der Waals surface area contributed by atoms with E-state index < -0.39 is 0 Å². The van der Waals surface area contributed by atoms with Crippen molar-refractivity contribution in [3.8, 4) is 0 Å². The monoisotopic (exact) mass is 145 g/mol. The first kappa shape index (κ1) is 9.92. The summed E-state index contributed by atoms with van der Waals surface area (Å²) in [5, 5.41) is 8.57. The first-order chi connectivity index (χ1) is 4.86. The minimum Gasteiger partial charge on any atom is -0.396 e. The minimum absolute atomic E-state index is 0.372. The van der Waals surface area contributed by atoms with Gasteiger partial charge in [0, 0.05) is 25.6 Å². The van der Waals surface area contributed by atoms with E-state index in [1.54, 1.807) is 0 Å². The molecule has 0 radical (unpaired) electrons. The Hall–Kier alpha value is -0.0800. The number of rotatable bonds is 2. The van der Waals surface area contributed by atoms with Crippen molar-refractivity contribution in [3.63, 3.8) is 0 Å². The highest BCUT2D eigenvalue weighted by atomic mass is 16.3. The number of nitrogens with zero attached hydrogens (tertiary/aromatic N) is 1. The fraction of sp³-hybridized carbons (Fsp3) is 1.00. The fourth-order valence-corrected chi connectivity index (χ4v) is 1.05. The molecule has 2 heteroatoms. The third-order valence-corrected chi connectivity index (χ3v) is 1.74. The van der Waals surface area contributed by atoms with Gasteiger partial charge in [0.25, 0.3) is 0 Å². The second-order valence-corrected chi connectivity index (χ2v) is 2.40. The Morgan fingerprint density at radius 3 is 2.20 bits per heavy atom. The van der Waals surface area contributed by atoms with Gasteiger partial charge >= 0.3 is 0 Å². The normalized spacial score (nSPS) is 19.2. The molecule has 1 rings (SSSR count). The molecule has 1 heterocycles. The molecule has 0 aliphatic carbocycles. The van der Waals surface area contributed by atoms with Gasteiger partial charge in [0.05, 0.1) is 0 Å². The Morgan fingerprint density at radius 1 is 1.40 bits per heavy atom. The number of likely N-dealkylation sites (tertiary alicyclic amines) is 1. The van der Waals surface area contributed by atoms with Gasteiger partial charge in [-0.05, 0) is 6.54 Å². The Labute approximate surface area is 63.8 Å². The van der Waals surface area contributed by atoms with Gasteiger partial charge < -0.3 is 10.0 Å². The van der Waals surface area contributed by atoms with Crippen LogP contribution in [0.1, 0.15) is 20.8 Å². The predicted octanol–water partition coefficient (Wildman–Crippen LogP) is 0.957. The van der Waals surface area contributed by atoms with Crippen LogP contribution in [0.4, 0.5) is 0 Å². The van der Waals surface area contributed by atoms with E-state index in [1.165, 1.54) is 0 Å². The lowest BCUT2D eigenvalue weighted by Gasteiger charge is -2.37.